The fraction of sp³-hybridized carbons (Fsp3) is 0.0989. The van der Waals surface area contributed by atoms with Crippen molar-refractivity contribution in [2.45, 2.75) is 57.8 Å². The van der Waals surface area contributed by atoms with Crippen molar-refractivity contribution in [1.29, 1.82) is 0 Å². The van der Waals surface area contributed by atoms with Crippen molar-refractivity contribution >= 4 is 181 Å². The molecule has 0 saturated heterocycles. The zero-order chi connectivity index (χ0) is 71.6. The van der Waals surface area contributed by atoms with Gasteiger partial charge in [-0.3, -0.25) is 0 Å². The molecule has 0 radical (unpaired) electrons. The van der Waals surface area contributed by atoms with Gasteiger partial charge in [0.2, 0.25) is 0 Å². The van der Waals surface area contributed by atoms with Crippen LogP contribution in [0, 0.1) is 0 Å². The van der Waals surface area contributed by atoms with Crippen LogP contribution in [0.1, 0.15) is 76.3 Å². The van der Waals surface area contributed by atoms with Gasteiger partial charge in [-0.05, 0) is 202 Å². The second-order valence-electron chi connectivity index (χ2n) is 28.6. The Morgan fingerprint density at radius 2 is 0.594 bits per heavy atom. The van der Waals surface area contributed by atoms with Crippen LogP contribution in [0.25, 0.3) is 85.2 Å². The topological polar surface area (TPSA) is 102 Å². The van der Waals surface area contributed by atoms with Crippen molar-refractivity contribution in [3.05, 3.63) is 334 Å². The summed E-state index contributed by atoms with van der Waals surface area (Å²) in [5.74, 6) is 0. The summed E-state index contributed by atoms with van der Waals surface area (Å²) in [4.78, 5) is 29.1. The number of anilines is 9. The second-order valence-corrected chi connectivity index (χ2v) is 32.4. The molecule has 0 bridgehead atoms. The molecule has 0 spiro atoms. The zero-order valence-electron chi connectivity index (χ0n) is 58.8. The number of rotatable bonds is 6. The molecular weight excluding hydrogens is 1640 g/mol. The molecule has 7 heterocycles. The molecule has 3 aliphatic heterocycles. The van der Waals surface area contributed by atoms with E-state index in [-0.39, 0.29) is 38.7 Å². The minimum Gasteiger partial charge on any atom is -0.423 e. The monoisotopic (exact) mass is 1710 g/mol. The molecule has 0 unspecified atom stereocenters. The summed E-state index contributed by atoms with van der Waals surface area (Å²) < 4.78 is 4.42. The number of fused-ring (bicyclic) bond motifs is 14. The quantitative estimate of drug-likeness (QED) is 0.158. The summed E-state index contributed by atoms with van der Waals surface area (Å²) in [7, 11) is -1.45. The van der Waals surface area contributed by atoms with E-state index >= 15 is 0 Å². The molecule has 0 saturated carbocycles. The van der Waals surface area contributed by atoms with Crippen molar-refractivity contribution in [3.63, 3.8) is 0 Å². The van der Waals surface area contributed by atoms with Crippen LogP contribution in [0.3, 0.4) is 0 Å². The van der Waals surface area contributed by atoms with Gasteiger partial charge in [0.1, 0.15) is 20.7 Å². The Morgan fingerprint density at radius 3 is 0.915 bits per heavy atom. The van der Waals surface area contributed by atoms with Gasteiger partial charge in [-0.2, -0.15) is 0 Å². The van der Waals surface area contributed by atoms with E-state index in [1.165, 1.54) is 70.9 Å². The number of benzene rings is 13. The van der Waals surface area contributed by atoms with E-state index in [9.17, 15) is 10.0 Å². The predicted molar refractivity (Wildman–Crippen MR) is 450 cm³/mol. The van der Waals surface area contributed by atoms with Crippen LogP contribution in [0.2, 0.25) is 0 Å². The Labute approximate surface area is 656 Å². The van der Waals surface area contributed by atoms with E-state index in [0.29, 0.717) is 5.46 Å². The third kappa shape index (κ3) is 11.7. The molecule has 516 valence electrons. The summed E-state index contributed by atoms with van der Waals surface area (Å²) in [5.41, 5.74) is 28.5. The van der Waals surface area contributed by atoms with E-state index in [0.717, 1.165) is 108 Å². The molecule has 4 aromatic heterocycles. The van der Waals surface area contributed by atoms with Gasteiger partial charge in [-0.15, -0.1) is 22.7 Å². The van der Waals surface area contributed by atoms with Crippen LogP contribution >= 0.6 is 54.5 Å². The van der Waals surface area contributed by atoms with Crippen molar-refractivity contribution in [1.82, 2.24) is 19.9 Å². The first-order chi connectivity index (χ1) is 51.0. The van der Waals surface area contributed by atoms with Gasteiger partial charge >= 0.3 is 7.12 Å². The van der Waals surface area contributed by atoms with E-state index < -0.39 is 7.12 Å². The van der Waals surface area contributed by atoms with Crippen LogP contribution in [-0.4, -0.2) is 37.1 Å². The predicted octanol–water partition coefficient (Wildman–Crippen LogP) is 24.8. The number of hydrogen-bond donors (Lipinski definition) is 2. The van der Waals surface area contributed by atoms with Gasteiger partial charge < -0.3 is 24.7 Å². The normalized spacial score (nSPS) is 14.0. The summed E-state index contributed by atoms with van der Waals surface area (Å²) in [6.07, 6.45) is 0. The minimum absolute atomic E-state index is 0. The molecule has 20 rings (SSSR count). The van der Waals surface area contributed by atoms with Crippen LogP contribution in [0.5, 0.6) is 0 Å². The fourth-order valence-electron chi connectivity index (χ4n) is 16.0. The average molecular weight is 1710 g/mol. The largest absolute Gasteiger partial charge is 0.488 e. The van der Waals surface area contributed by atoms with E-state index in [2.05, 4.69) is 331 Å². The summed E-state index contributed by atoms with van der Waals surface area (Å²) in [6, 6.07) is 103. The summed E-state index contributed by atoms with van der Waals surface area (Å²) >= 11 is 10.4. The zero-order valence-corrected chi connectivity index (χ0v) is 66.5. The summed E-state index contributed by atoms with van der Waals surface area (Å²) in [6.45, 7) is 13.8. The average Bonchev–Trinajstić information content (AvgIpc) is 1.63. The maximum Gasteiger partial charge on any atom is 0.488 e. The third-order valence-electron chi connectivity index (χ3n) is 21.4. The number of para-hydroxylation sites is 6. The smallest absolute Gasteiger partial charge is 0.423 e. The number of thiophene rings is 2. The Balaban J connectivity index is 0.000000155. The molecule has 15 heteroatoms. The Bertz CT molecular complexity index is 6180. The maximum absolute atomic E-state index is 9.35. The molecule has 0 atom stereocenters. The Kier molecular flexibility index (Phi) is 17.7. The molecule has 3 aliphatic rings. The number of halogens is 2. The van der Waals surface area contributed by atoms with Gasteiger partial charge in [0, 0.05) is 84.9 Å². The van der Waals surface area contributed by atoms with Gasteiger partial charge in [-0.1, -0.05) is 224 Å². The second kappa shape index (κ2) is 27.1. The molecule has 106 heavy (non-hydrogen) atoms. The SMILES string of the molecule is Brc1cc2nc3sc4ccccc4c3nc2cc1Br.CC1(C)c2ccccc2N(c2ccc(-c3cc4nc5sc6ccccc6c5nc4cc3-c3ccc(N4c5ccccc5C(C)(C)c5ccccc54)cc3)cc2)c2ccccc21.CC1(C)c2ccccc2N(c2ccc(B(O)O)cc2)c2ccccc21.[HH].[W]. The van der Waals surface area contributed by atoms with Crippen LogP contribution in [0.4, 0.5) is 51.2 Å². The van der Waals surface area contributed by atoms with Crippen molar-refractivity contribution in [2.24, 2.45) is 0 Å². The molecule has 0 fully saturated rings. The molecule has 17 aromatic rings. The first-order valence-corrected chi connectivity index (χ1v) is 38.4. The van der Waals surface area contributed by atoms with Crippen LogP contribution in [-0.2, 0) is 37.3 Å². The standard InChI is InChI=1S/C56H42N4S.C21H20BNO2.C14H6Br2N2S.W.H2/c1-55(2)42-16-6-10-20-48(42)59(49-21-11-7-17-43(49)55)37-29-25-35(26-30-37)40-33-46-47(58-54-53(57-46)39-15-5-14-24-52(39)61-54)34-41(40)36-27-31-38(32-28-36)60-50-22-12-8-18-44(50)56(3,4)45-19-9-13-23-51(45)60;1-21(2)17-7-3-5-9-19(17)23(20-10-6-4-8-18(20)21)16-13-11-15(12-14-16)22(24)25;15-8-5-10-11(6-9(8)16)18-14-13(17-10)7-3-1-2-4-12(7)19-14;;/h5-34H,1-4H3;3-14,24-25H,1-2H3;1-6H;;1H. The van der Waals surface area contributed by atoms with Gasteiger partial charge in [-0.25, -0.2) is 19.9 Å². The van der Waals surface area contributed by atoms with E-state index in [1.54, 1.807) is 34.8 Å². The van der Waals surface area contributed by atoms with Crippen LogP contribution in [0.15, 0.2) is 300 Å². The molecule has 0 aliphatic carbocycles. The molecular formula is C91H70BBr2N7O2S2W. The Hall–Kier alpha value is -9.99. The number of hydrogen-bond acceptors (Lipinski definition) is 11. The number of aromatic nitrogens is 4. The summed E-state index contributed by atoms with van der Waals surface area (Å²) in [5, 5.41) is 21.0. The Morgan fingerprint density at radius 1 is 0.330 bits per heavy atom. The van der Waals surface area contributed by atoms with Crippen molar-refractivity contribution in [2.75, 3.05) is 14.7 Å². The van der Waals surface area contributed by atoms with Crippen LogP contribution < -0.4 is 20.2 Å². The van der Waals surface area contributed by atoms with Gasteiger partial charge in [0.15, 0.2) is 0 Å². The van der Waals surface area contributed by atoms with E-state index in [1.807, 2.05) is 36.4 Å². The molecule has 2 N–H and O–H groups in total. The minimum atomic E-state index is -1.45. The third-order valence-corrected chi connectivity index (χ3v) is 25.3. The maximum atomic E-state index is 9.35. The first kappa shape index (κ1) is 69.1. The molecule has 13 aromatic carbocycles. The fourth-order valence-corrected chi connectivity index (χ4v) is 18.7. The first-order valence-electron chi connectivity index (χ1n) is 35.2. The van der Waals surface area contributed by atoms with Crippen molar-refractivity contribution < 1.29 is 32.5 Å². The molecule has 9 nitrogen and oxygen atoms in total. The molecule has 0 amide bonds. The van der Waals surface area contributed by atoms with Gasteiger partial charge in [0.05, 0.1) is 56.2 Å². The van der Waals surface area contributed by atoms with Gasteiger partial charge in [0.25, 0.3) is 0 Å². The van der Waals surface area contributed by atoms with Crippen molar-refractivity contribution in [3.8, 4) is 22.3 Å². The van der Waals surface area contributed by atoms with E-state index in [4.69, 9.17) is 19.9 Å². The number of nitrogens with zero attached hydrogens (tertiary/aromatic N) is 7.